The van der Waals surface area contributed by atoms with Gasteiger partial charge in [-0.2, -0.15) is 0 Å². The fourth-order valence-electron chi connectivity index (χ4n) is 9.61. The molecule has 3 nitrogen and oxygen atoms in total. The first-order valence-electron chi connectivity index (χ1n) is 19.2. The van der Waals surface area contributed by atoms with Gasteiger partial charge in [0.25, 0.3) is 0 Å². The van der Waals surface area contributed by atoms with E-state index in [2.05, 4.69) is 176 Å². The zero-order valence-corrected chi connectivity index (χ0v) is 30.3. The van der Waals surface area contributed by atoms with Crippen molar-refractivity contribution in [1.82, 2.24) is 9.97 Å². The molecule has 0 fully saturated rings. The third-order valence-electron chi connectivity index (χ3n) is 12.0. The van der Waals surface area contributed by atoms with Gasteiger partial charge in [-0.25, -0.2) is 9.97 Å². The Morgan fingerprint density at radius 1 is 0.339 bits per heavy atom. The molecule has 0 aliphatic heterocycles. The van der Waals surface area contributed by atoms with Gasteiger partial charge in [0.2, 0.25) is 0 Å². The molecule has 12 rings (SSSR count). The molecule has 3 heteroatoms. The molecular formula is C53H32N2O. The lowest BCUT2D eigenvalue weighted by molar-refractivity contribution is 0.669. The molecule has 0 saturated heterocycles. The number of benzene rings is 8. The van der Waals surface area contributed by atoms with Gasteiger partial charge in [-0.3, -0.25) is 0 Å². The Labute approximate surface area is 324 Å². The zero-order valence-electron chi connectivity index (χ0n) is 30.3. The van der Waals surface area contributed by atoms with E-state index in [1.165, 1.54) is 55.6 Å². The van der Waals surface area contributed by atoms with E-state index in [0.29, 0.717) is 5.82 Å². The van der Waals surface area contributed by atoms with Crippen LogP contribution in [-0.2, 0) is 5.41 Å². The van der Waals surface area contributed by atoms with Crippen molar-refractivity contribution in [2.75, 3.05) is 0 Å². The maximum Gasteiger partial charge on any atom is 0.164 e. The van der Waals surface area contributed by atoms with Gasteiger partial charge in [0.15, 0.2) is 5.82 Å². The van der Waals surface area contributed by atoms with Crippen LogP contribution in [0.4, 0.5) is 0 Å². The lowest BCUT2D eigenvalue weighted by Crippen LogP contribution is -2.29. The molecule has 0 N–H and O–H groups in total. The lowest BCUT2D eigenvalue weighted by Gasteiger charge is -2.35. The second-order valence-electron chi connectivity index (χ2n) is 14.8. The molecule has 0 atom stereocenters. The Morgan fingerprint density at radius 3 is 1.52 bits per heavy atom. The Morgan fingerprint density at radius 2 is 0.839 bits per heavy atom. The molecule has 0 amide bonds. The highest BCUT2D eigenvalue weighted by Gasteiger charge is 2.49. The summed E-state index contributed by atoms with van der Waals surface area (Å²) in [6.45, 7) is 0. The topological polar surface area (TPSA) is 38.9 Å². The van der Waals surface area contributed by atoms with Crippen molar-refractivity contribution < 1.29 is 4.42 Å². The van der Waals surface area contributed by atoms with Crippen LogP contribution in [0.2, 0.25) is 0 Å². The van der Waals surface area contributed by atoms with Crippen molar-refractivity contribution in [2.24, 2.45) is 0 Å². The summed E-state index contributed by atoms with van der Waals surface area (Å²) in [4.78, 5) is 10.6. The maximum absolute atomic E-state index is 6.50. The summed E-state index contributed by atoms with van der Waals surface area (Å²) >= 11 is 0. The van der Waals surface area contributed by atoms with Gasteiger partial charge in [0.1, 0.15) is 11.2 Å². The minimum absolute atomic E-state index is 0.528. The van der Waals surface area contributed by atoms with Crippen LogP contribution < -0.4 is 0 Å². The van der Waals surface area contributed by atoms with Crippen LogP contribution in [-0.4, -0.2) is 9.97 Å². The van der Waals surface area contributed by atoms with Gasteiger partial charge < -0.3 is 4.42 Å². The van der Waals surface area contributed by atoms with E-state index in [1.54, 1.807) is 0 Å². The highest BCUT2D eigenvalue weighted by Crippen LogP contribution is 2.61. The molecule has 56 heavy (non-hydrogen) atoms. The Hall–Kier alpha value is -7.36. The number of para-hydroxylation sites is 2. The van der Waals surface area contributed by atoms with Crippen LogP contribution in [0, 0.1) is 0 Å². The number of aromatic nitrogens is 2. The second kappa shape index (κ2) is 11.8. The first-order valence-corrected chi connectivity index (χ1v) is 19.2. The third-order valence-corrected chi connectivity index (χ3v) is 12.0. The number of fused-ring (bicyclic) bond motifs is 15. The SMILES string of the molecule is c1ccc(-c2cc(-c3ccc4c(c3)-c3ccccc3C43c4ccccc4-c4ccccc4-c4ccccc43)nc(-c3cccc4c3oc3ccccc34)n2)cc1. The van der Waals surface area contributed by atoms with Gasteiger partial charge in [-0.1, -0.05) is 170 Å². The van der Waals surface area contributed by atoms with E-state index >= 15 is 0 Å². The smallest absolute Gasteiger partial charge is 0.164 e. The Balaban J connectivity index is 1.12. The molecule has 2 heterocycles. The molecule has 10 aromatic rings. The molecule has 260 valence electrons. The van der Waals surface area contributed by atoms with E-state index in [1.807, 2.05) is 18.2 Å². The van der Waals surface area contributed by atoms with Crippen molar-refractivity contribution in [1.29, 1.82) is 0 Å². The monoisotopic (exact) mass is 712 g/mol. The van der Waals surface area contributed by atoms with E-state index in [4.69, 9.17) is 14.4 Å². The summed E-state index contributed by atoms with van der Waals surface area (Å²) in [6, 6.07) is 69.8. The van der Waals surface area contributed by atoms with Crippen molar-refractivity contribution in [3.05, 3.63) is 216 Å². The van der Waals surface area contributed by atoms with E-state index in [9.17, 15) is 0 Å². The van der Waals surface area contributed by atoms with Gasteiger partial charge in [0.05, 0.1) is 22.4 Å². The van der Waals surface area contributed by atoms with Crippen LogP contribution >= 0.6 is 0 Å². The van der Waals surface area contributed by atoms with Gasteiger partial charge >= 0.3 is 0 Å². The molecule has 0 radical (unpaired) electrons. The van der Waals surface area contributed by atoms with E-state index in [-0.39, 0.29) is 0 Å². The van der Waals surface area contributed by atoms with Gasteiger partial charge in [0, 0.05) is 21.9 Å². The largest absolute Gasteiger partial charge is 0.455 e. The quantitative estimate of drug-likeness (QED) is 0.183. The first kappa shape index (κ1) is 31.0. The molecule has 2 aliphatic carbocycles. The predicted molar refractivity (Wildman–Crippen MR) is 227 cm³/mol. The number of hydrogen-bond donors (Lipinski definition) is 0. The summed E-state index contributed by atoms with van der Waals surface area (Å²) in [5.74, 6) is 0.632. The average molecular weight is 713 g/mol. The van der Waals surface area contributed by atoms with Crippen LogP contribution in [0.5, 0.6) is 0 Å². The fraction of sp³-hybridized carbons (Fsp3) is 0.0189. The highest BCUT2D eigenvalue weighted by molar-refractivity contribution is 6.09. The zero-order chi connectivity index (χ0) is 36.8. The van der Waals surface area contributed by atoms with E-state index < -0.39 is 5.41 Å². The molecule has 0 unspecified atom stereocenters. The minimum atomic E-state index is -0.528. The third kappa shape index (κ3) is 4.28. The first-order chi connectivity index (χ1) is 27.8. The molecule has 2 aromatic heterocycles. The predicted octanol–water partition coefficient (Wildman–Crippen LogP) is 13.4. The normalized spacial score (nSPS) is 13.1. The molecule has 0 saturated carbocycles. The van der Waals surface area contributed by atoms with Crippen molar-refractivity contribution in [3.8, 4) is 67.3 Å². The molecule has 8 aromatic carbocycles. The van der Waals surface area contributed by atoms with Crippen molar-refractivity contribution in [2.45, 2.75) is 5.41 Å². The summed E-state index contributed by atoms with van der Waals surface area (Å²) in [5.41, 5.74) is 18.4. The average Bonchev–Trinajstić information content (AvgIpc) is 3.77. The number of hydrogen-bond acceptors (Lipinski definition) is 3. The molecule has 1 spiro atoms. The van der Waals surface area contributed by atoms with Crippen molar-refractivity contribution in [3.63, 3.8) is 0 Å². The van der Waals surface area contributed by atoms with Crippen LogP contribution in [0.1, 0.15) is 22.3 Å². The highest BCUT2D eigenvalue weighted by atomic mass is 16.3. The standard InChI is InChI=1S/C53H32N2O/c1-2-15-33(16-3-1)48-32-49(55-52(54-48)42-24-14-23-41-40-22-9-13-28-50(40)56-51(41)42)34-29-30-47-43(31-34)39-21-8-12-27-46(39)53(47)44-25-10-6-19-37(44)35-17-4-5-18-36(35)38-20-7-11-26-45(38)53/h1-32H. The summed E-state index contributed by atoms with van der Waals surface area (Å²) in [6.07, 6.45) is 0. The molecule has 2 aliphatic rings. The second-order valence-corrected chi connectivity index (χ2v) is 14.8. The van der Waals surface area contributed by atoms with E-state index in [0.717, 1.165) is 50.0 Å². The van der Waals surface area contributed by atoms with Crippen molar-refractivity contribution >= 4 is 21.9 Å². The van der Waals surface area contributed by atoms with Crippen LogP contribution in [0.25, 0.3) is 89.2 Å². The number of nitrogens with zero attached hydrogens (tertiary/aromatic N) is 2. The summed E-state index contributed by atoms with van der Waals surface area (Å²) < 4.78 is 6.50. The van der Waals surface area contributed by atoms with Gasteiger partial charge in [-0.05, 0) is 79.9 Å². The van der Waals surface area contributed by atoms with Gasteiger partial charge in [-0.15, -0.1) is 0 Å². The summed E-state index contributed by atoms with van der Waals surface area (Å²) in [5, 5.41) is 2.14. The number of furan rings is 1. The summed E-state index contributed by atoms with van der Waals surface area (Å²) in [7, 11) is 0. The molecule has 0 bridgehead atoms. The minimum Gasteiger partial charge on any atom is -0.455 e. The van der Waals surface area contributed by atoms with Crippen LogP contribution in [0.15, 0.2) is 199 Å². The maximum atomic E-state index is 6.50. The lowest BCUT2D eigenvalue weighted by atomic mass is 9.66. The number of rotatable bonds is 3. The Kier molecular flexibility index (Phi) is 6.55. The van der Waals surface area contributed by atoms with Crippen LogP contribution in [0.3, 0.4) is 0 Å². The fourth-order valence-corrected chi connectivity index (χ4v) is 9.61. The Bertz CT molecular complexity index is 3140. The molecular weight excluding hydrogens is 681 g/mol.